The predicted octanol–water partition coefficient (Wildman–Crippen LogP) is 2.63. The molecule has 0 spiro atoms. The minimum atomic E-state index is -0.512. The Morgan fingerprint density at radius 2 is 2.30 bits per heavy atom. The fourth-order valence-electron chi connectivity index (χ4n) is 1.57. The number of halogens is 3. The first-order chi connectivity index (χ1) is 9.60. The lowest BCUT2D eigenvalue weighted by molar-refractivity contribution is 0.287. The molecule has 1 heterocycles. The number of hydrogen-bond acceptors (Lipinski definition) is 4. The Hall–Kier alpha value is -1.18. The van der Waals surface area contributed by atoms with Gasteiger partial charge in [0.05, 0.1) is 21.7 Å². The van der Waals surface area contributed by atoms with Gasteiger partial charge in [0.15, 0.2) is 0 Å². The van der Waals surface area contributed by atoms with E-state index in [1.807, 2.05) is 13.2 Å². The van der Waals surface area contributed by atoms with Gasteiger partial charge in [-0.05, 0) is 29.0 Å². The van der Waals surface area contributed by atoms with Crippen LogP contribution in [0.2, 0.25) is 5.02 Å². The Balaban J connectivity index is 1.90. The topological polar surface area (TPSA) is 52.0 Å². The highest BCUT2D eigenvalue weighted by Gasteiger charge is 2.08. The normalized spacial score (nSPS) is 10.8. The SMILES string of the molecule is CNCc1cn(CCOc2cc(F)c(Cl)cc2Br)nn1. The van der Waals surface area contributed by atoms with Gasteiger partial charge in [-0.2, -0.15) is 0 Å². The number of aromatic nitrogens is 3. The van der Waals surface area contributed by atoms with Crippen molar-refractivity contribution >= 4 is 27.5 Å². The molecule has 0 unspecified atom stereocenters. The molecule has 108 valence electrons. The average molecular weight is 364 g/mol. The van der Waals surface area contributed by atoms with Crippen molar-refractivity contribution in [1.29, 1.82) is 0 Å². The molecule has 0 bridgehead atoms. The van der Waals surface area contributed by atoms with Gasteiger partial charge in [-0.25, -0.2) is 9.07 Å². The summed E-state index contributed by atoms with van der Waals surface area (Å²) >= 11 is 8.93. The molecule has 0 atom stereocenters. The first kappa shape index (κ1) is 15.2. The monoisotopic (exact) mass is 362 g/mol. The lowest BCUT2D eigenvalue weighted by Gasteiger charge is -2.08. The summed E-state index contributed by atoms with van der Waals surface area (Å²) in [6.45, 7) is 1.53. The Morgan fingerprint density at radius 3 is 3.05 bits per heavy atom. The molecule has 0 aliphatic heterocycles. The van der Waals surface area contributed by atoms with Gasteiger partial charge in [0.25, 0.3) is 0 Å². The van der Waals surface area contributed by atoms with Crippen LogP contribution in [0.15, 0.2) is 22.8 Å². The summed E-state index contributed by atoms with van der Waals surface area (Å²) < 4.78 is 21.1. The second kappa shape index (κ2) is 7.01. The van der Waals surface area contributed by atoms with Gasteiger partial charge in [0, 0.05) is 18.8 Å². The molecule has 0 aliphatic carbocycles. The number of nitrogens with zero attached hydrogens (tertiary/aromatic N) is 3. The van der Waals surface area contributed by atoms with Crippen LogP contribution in [-0.4, -0.2) is 28.6 Å². The standard InChI is InChI=1S/C12H13BrClFN4O/c1-16-6-8-7-19(18-17-8)2-3-20-12-5-11(15)10(14)4-9(12)13/h4-5,7,16H,2-3,6H2,1H3. The van der Waals surface area contributed by atoms with Gasteiger partial charge >= 0.3 is 0 Å². The Morgan fingerprint density at radius 1 is 1.50 bits per heavy atom. The summed E-state index contributed by atoms with van der Waals surface area (Å²) in [6, 6.07) is 2.72. The first-order valence-corrected chi connectivity index (χ1v) is 7.08. The molecule has 5 nitrogen and oxygen atoms in total. The summed E-state index contributed by atoms with van der Waals surface area (Å²) in [5, 5.41) is 11.0. The molecule has 2 rings (SSSR count). The fraction of sp³-hybridized carbons (Fsp3) is 0.333. The van der Waals surface area contributed by atoms with Gasteiger partial charge in [-0.3, -0.25) is 0 Å². The van der Waals surface area contributed by atoms with E-state index in [-0.39, 0.29) is 5.02 Å². The number of hydrogen-bond donors (Lipinski definition) is 1. The summed E-state index contributed by atoms with van der Waals surface area (Å²) in [5.41, 5.74) is 0.853. The lowest BCUT2D eigenvalue weighted by atomic mass is 10.3. The zero-order valence-electron chi connectivity index (χ0n) is 10.7. The molecule has 0 fully saturated rings. The maximum Gasteiger partial charge on any atom is 0.145 e. The van der Waals surface area contributed by atoms with Crippen LogP contribution in [0.5, 0.6) is 5.75 Å². The van der Waals surface area contributed by atoms with Crippen molar-refractivity contribution < 1.29 is 9.13 Å². The van der Waals surface area contributed by atoms with Crippen LogP contribution in [-0.2, 0) is 13.1 Å². The molecule has 0 saturated heterocycles. The van der Waals surface area contributed by atoms with Crippen molar-refractivity contribution in [3.8, 4) is 5.75 Å². The van der Waals surface area contributed by atoms with Crippen molar-refractivity contribution in [2.45, 2.75) is 13.1 Å². The quantitative estimate of drug-likeness (QED) is 0.802. The molecule has 0 saturated carbocycles. The zero-order valence-corrected chi connectivity index (χ0v) is 13.1. The first-order valence-electron chi connectivity index (χ1n) is 5.91. The van der Waals surface area contributed by atoms with E-state index in [4.69, 9.17) is 16.3 Å². The summed E-state index contributed by atoms with van der Waals surface area (Å²) in [5.74, 6) is -0.107. The maximum absolute atomic E-state index is 13.3. The molecule has 0 aliphatic rings. The van der Waals surface area contributed by atoms with E-state index in [2.05, 4.69) is 31.6 Å². The third-order valence-corrected chi connectivity index (χ3v) is 3.41. The van der Waals surface area contributed by atoms with Crippen LogP contribution in [0.1, 0.15) is 5.69 Å². The average Bonchev–Trinajstić information content (AvgIpc) is 2.84. The molecule has 1 aromatic carbocycles. The molecule has 0 amide bonds. The Bertz CT molecular complexity index is 593. The highest BCUT2D eigenvalue weighted by molar-refractivity contribution is 9.10. The van der Waals surface area contributed by atoms with E-state index in [9.17, 15) is 4.39 Å². The van der Waals surface area contributed by atoms with Crippen molar-refractivity contribution in [2.75, 3.05) is 13.7 Å². The third-order valence-electron chi connectivity index (χ3n) is 2.50. The van der Waals surface area contributed by atoms with Crippen LogP contribution in [0, 0.1) is 5.82 Å². The van der Waals surface area contributed by atoms with Crippen molar-refractivity contribution in [1.82, 2.24) is 20.3 Å². The van der Waals surface area contributed by atoms with E-state index in [0.29, 0.717) is 29.9 Å². The molecule has 20 heavy (non-hydrogen) atoms. The van der Waals surface area contributed by atoms with E-state index in [1.165, 1.54) is 12.1 Å². The lowest BCUT2D eigenvalue weighted by Crippen LogP contribution is -2.09. The van der Waals surface area contributed by atoms with Crippen LogP contribution in [0.3, 0.4) is 0 Å². The van der Waals surface area contributed by atoms with Gasteiger partial charge in [-0.1, -0.05) is 16.8 Å². The fourth-order valence-corrected chi connectivity index (χ4v) is 2.33. The van der Waals surface area contributed by atoms with Gasteiger partial charge in [0.2, 0.25) is 0 Å². The third kappa shape index (κ3) is 3.91. The van der Waals surface area contributed by atoms with E-state index in [0.717, 1.165) is 5.69 Å². The molecule has 1 aromatic heterocycles. The minimum absolute atomic E-state index is 0.0530. The number of ether oxygens (including phenoxy) is 1. The van der Waals surface area contributed by atoms with Gasteiger partial charge < -0.3 is 10.1 Å². The van der Waals surface area contributed by atoms with E-state index >= 15 is 0 Å². The van der Waals surface area contributed by atoms with Crippen LogP contribution in [0.25, 0.3) is 0 Å². The second-order valence-electron chi connectivity index (χ2n) is 4.05. The zero-order chi connectivity index (χ0) is 14.5. The predicted molar refractivity (Wildman–Crippen MR) is 77.4 cm³/mol. The molecular weight excluding hydrogens is 351 g/mol. The molecule has 0 radical (unpaired) electrons. The molecular formula is C12H13BrClFN4O. The van der Waals surface area contributed by atoms with Crippen LogP contribution >= 0.6 is 27.5 Å². The van der Waals surface area contributed by atoms with Gasteiger partial charge in [0.1, 0.15) is 18.2 Å². The van der Waals surface area contributed by atoms with Gasteiger partial charge in [-0.15, -0.1) is 5.10 Å². The second-order valence-corrected chi connectivity index (χ2v) is 5.31. The highest BCUT2D eigenvalue weighted by Crippen LogP contribution is 2.30. The van der Waals surface area contributed by atoms with Crippen LogP contribution < -0.4 is 10.1 Å². The molecule has 1 N–H and O–H groups in total. The number of nitrogens with one attached hydrogen (secondary N) is 1. The summed E-state index contributed by atoms with van der Waals surface area (Å²) in [4.78, 5) is 0. The smallest absolute Gasteiger partial charge is 0.145 e. The Labute approximate surface area is 129 Å². The summed E-state index contributed by atoms with van der Waals surface area (Å²) in [7, 11) is 1.84. The molecule has 2 aromatic rings. The number of rotatable bonds is 6. The number of benzene rings is 1. The van der Waals surface area contributed by atoms with Crippen LogP contribution in [0.4, 0.5) is 4.39 Å². The van der Waals surface area contributed by atoms with Crippen molar-refractivity contribution in [3.05, 3.63) is 39.3 Å². The Kier molecular flexibility index (Phi) is 5.33. The van der Waals surface area contributed by atoms with Crippen molar-refractivity contribution in [3.63, 3.8) is 0 Å². The highest BCUT2D eigenvalue weighted by atomic mass is 79.9. The van der Waals surface area contributed by atoms with E-state index in [1.54, 1.807) is 4.68 Å². The van der Waals surface area contributed by atoms with E-state index < -0.39 is 5.82 Å². The largest absolute Gasteiger partial charge is 0.490 e. The molecule has 8 heteroatoms. The minimum Gasteiger partial charge on any atom is -0.490 e. The summed E-state index contributed by atoms with van der Waals surface area (Å²) in [6.07, 6.45) is 1.83. The van der Waals surface area contributed by atoms with Crippen molar-refractivity contribution in [2.24, 2.45) is 0 Å². The maximum atomic E-state index is 13.3.